The van der Waals surface area contributed by atoms with Crippen LogP contribution in [-0.4, -0.2) is 38.2 Å². The first-order valence-corrected chi connectivity index (χ1v) is 10.1. The normalized spacial score (nSPS) is 12.9. The SMILES string of the molecule is C=CC[Si](C[Si](C)(C)OC)(OC)OC. The summed E-state index contributed by atoms with van der Waals surface area (Å²) < 4.78 is 16.7. The lowest BCUT2D eigenvalue weighted by Crippen LogP contribution is -2.48. The van der Waals surface area contributed by atoms with Crippen LogP contribution in [-0.2, 0) is 13.3 Å². The molecule has 0 unspecified atom stereocenters. The van der Waals surface area contributed by atoms with Gasteiger partial charge in [-0.15, -0.1) is 6.58 Å². The fraction of sp³-hybridized carbons (Fsp3) is 0.778. The van der Waals surface area contributed by atoms with Gasteiger partial charge in [-0.3, -0.25) is 0 Å². The summed E-state index contributed by atoms with van der Waals surface area (Å²) in [5, 5.41) is 0. The zero-order valence-corrected chi connectivity index (χ0v) is 11.9. The molecule has 0 fully saturated rings. The van der Waals surface area contributed by atoms with Crippen LogP contribution in [0.15, 0.2) is 12.7 Å². The lowest BCUT2D eigenvalue weighted by molar-refractivity contribution is 0.247. The first-order valence-electron chi connectivity index (χ1n) is 4.71. The van der Waals surface area contributed by atoms with E-state index in [-0.39, 0.29) is 0 Å². The highest BCUT2D eigenvalue weighted by Gasteiger charge is 2.41. The number of hydrogen-bond donors (Lipinski definition) is 0. The number of hydrogen-bond acceptors (Lipinski definition) is 3. The van der Waals surface area contributed by atoms with Gasteiger partial charge in [-0.05, 0) is 13.1 Å². The van der Waals surface area contributed by atoms with Gasteiger partial charge in [-0.25, -0.2) is 0 Å². The van der Waals surface area contributed by atoms with E-state index < -0.39 is 16.9 Å². The van der Waals surface area contributed by atoms with E-state index >= 15 is 0 Å². The van der Waals surface area contributed by atoms with Crippen molar-refractivity contribution in [2.75, 3.05) is 21.3 Å². The Hall–Kier alpha value is 0.0538. The molecule has 0 aliphatic heterocycles. The Balaban J connectivity index is 4.56. The Morgan fingerprint density at radius 1 is 1.07 bits per heavy atom. The van der Waals surface area contributed by atoms with Gasteiger partial charge in [0.1, 0.15) is 0 Å². The molecule has 0 aromatic heterocycles. The Morgan fingerprint density at radius 2 is 1.57 bits per heavy atom. The maximum Gasteiger partial charge on any atom is 0.341 e. The second-order valence-corrected chi connectivity index (χ2v) is 12.3. The molecule has 0 rings (SSSR count). The van der Waals surface area contributed by atoms with Crippen LogP contribution in [0.3, 0.4) is 0 Å². The standard InChI is InChI=1S/C9H22O3Si2/c1-7-8-14(11-3,12-4)9-13(5,6)10-2/h7H,1,8-9H2,2-6H3. The van der Waals surface area contributed by atoms with Crippen molar-refractivity contribution in [3.8, 4) is 0 Å². The van der Waals surface area contributed by atoms with E-state index in [1.807, 2.05) is 6.08 Å². The van der Waals surface area contributed by atoms with Crippen LogP contribution in [0.2, 0.25) is 24.8 Å². The molecule has 0 aromatic rings. The molecule has 0 aliphatic rings. The van der Waals surface area contributed by atoms with Crippen LogP contribution in [0, 0.1) is 0 Å². The van der Waals surface area contributed by atoms with Gasteiger partial charge in [0, 0.05) is 33.0 Å². The molecule has 3 nitrogen and oxygen atoms in total. The third kappa shape index (κ3) is 4.06. The predicted octanol–water partition coefficient (Wildman–Crippen LogP) is 2.30. The molecule has 0 heterocycles. The largest absolute Gasteiger partial charge is 0.421 e. The van der Waals surface area contributed by atoms with Crippen molar-refractivity contribution < 1.29 is 13.3 Å². The average Bonchev–Trinajstić information content (AvgIpc) is 2.17. The Labute approximate surface area is 89.4 Å². The summed E-state index contributed by atoms with van der Waals surface area (Å²) in [5.41, 5.74) is 0.940. The van der Waals surface area contributed by atoms with Crippen LogP contribution in [0.5, 0.6) is 0 Å². The minimum Gasteiger partial charge on any atom is -0.421 e. The molecule has 0 aromatic carbocycles. The second-order valence-electron chi connectivity index (χ2n) is 3.95. The number of allylic oxidation sites excluding steroid dienone is 1. The van der Waals surface area contributed by atoms with E-state index in [2.05, 4.69) is 19.7 Å². The summed E-state index contributed by atoms with van der Waals surface area (Å²) in [7, 11) is 1.50. The van der Waals surface area contributed by atoms with Gasteiger partial charge in [0.2, 0.25) is 0 Å². The van der Waals surface area contributed by atoms with Crippen molar-refractivity contribution >= 4 is 16.9 Å². The molecule has 0 saturated heterocycles. The quantitative estimate of drug-likeness (QED) is 0.500. The summed E-state index contributed by atoms with van der Waals surface area (Å²) in [4.78, 5) is 0. The lowest BCUT2D eigenvalue weighted by atomic mass is 10.8. The highest BCUT2D eigenvalue weighted by molar-refractivity contribution is 6.88. The highest BCUT2D eigenvalue weighted by Crippen LogP contribution is 2.25. The average molecular weight is 234 g/mol. The molecule has 14 heavy (non-hydrogen) atoms. The predicted molar refractivity (Wildman–Crippen MR) is 64.1 cm³/mol. The highest BCUT2D eigenvalue weighted by atomic mass is 28.4. The second kappa shape index (κ2) is 5.82. The molecule has 0 saturated carbocycles. The Morgan fingerprint density at radius 3 is 1.86 bits per heavy atom. The molecule has 0 spiro atoms. The molecule has 0 amide bonds. The minimum absolute atomic E-state index is 0.819. The molecule has 0 atom stereocenters. The fourth-order valence-electron chi connectivity index (χ4n) is 1.41. The van der Waals surface area contributed by atoms with E-state index in [1.54, 1.807) is 21.3 Å². The molecular weight excluding hydrogens is 212 g/mol. The smallest absolute Gasteiger partial charge is 0.341 e. The van der Waals surface area contributed by atoms with E-state index in [1.165, 1.54) is 0 Å². The molecule has 0 radical (unpaired) electrons. The maximum atomic E-state index is 5.57. The van der Waals surface area contributed by atoms with Crippen molar-refractivity contribution in [1.29, 1.82) is 0 Å². The third-order valence-corrected chi connectivity index (χ3v) is 11.5. The van der Waals surface area contributed by atoms with Crippen LogP contribution in [0.1, 0.15) is 0 Å². The maximum absolute atomic E-state index is 5.57. The van der Waals surface area contributed by atoms with Crippen molar-refractivity contribution in [2.45, 2.75) is 24.8 Å². The first kappa shape index (κ1) is 14.1. The van der Waals surface area contributed by atoms with Gasteiger partial charge in [-0.2, -0.15) is 0 Å². The third-order valence-electron chi connectivity index (χ3n) is 2.45. The zero-order valence-electron chi connectivity index (χ0n) is 9.92. The fourth-order valence-corrected chi connectivity index (χ4v) is 9.85. The number of rotatable bonds is 7. The van der Waals surface area contributed by atoms with E-state index in [0.717, 1.165) is 11.7 Å². The van der Waals surface area contributed by atoms with Gasteiger partial charge in [0.15, 0.2) is 8.32 Å². The molecule has 0 N–H and O–H groups in total. The molecule has 0 aliphatic carbocycles. The van der Waals surface area contributed by atoms with Gasteiger partial charge in [0.25, 0.3) is 0 Å². The Bertz CT molecular complexity index is 179. The minimum atomic E-state index is -2.08. The topological polar surface area (TPSA) is 27.7 Å². The summed E-state index contributed by atoms with van der Waals surface area (Å²) in [6.07, 6.45) is 1.87. The molecule has 0 bridgehead atoms. The first-order chi connectivity index (χ1) is 6.45. The van der Waals surface area contributed by atoms with Crippen molar-refractivity contribution in [3.05, 3.63) is 12.7 Å². The van der Waals surface area contributed by atoms with E-state index in [9.17, 15) is 0 Å². The van der Waals surface area contributed by atoms with Crippen LogP contribution in [0.4, 0.5) is 0 Å². The molecular formula is C9H22O3Si2. The Kier molecular flexibility index (Phi) is 5.84. The van der Waals surface area contributed by atoms with Crippen molar-refractivity contribution in [1.82, 2.24) is 0 Å². The van der Waals surface area contributed by atoms with E-state index in [0.29, 0.717) is 0 Å². The summed E-state index contributed by atoms with van der Waals surface area (Å²) >= 11 is 0. The summed E-state index contributed by atoms with van der Waals surface area (Å²) in [6.45, 7) is 8.10. The van der Waals surface area contributed by atoms with Crippen molar-refractivity contribution in [3.63, 3.8) is 0 Å². The van der Waals surface area contributed by atoms with Crippen LogP contribution < -0.4 is 0 Å². The monoisotopic (exact) mass is 234 g/mol. The lowest BCUT2D eigenvalue weighted by Gasteiger charge is -2.32. The van der Waals surface area contributed by atoms with Gasteiger partial charge in [0.05, 0.1) is 0 Å². The van der Waals surface area contributed by atoms with Gasteiger partial charge >= 0.3 is 8.56 Å². The molecule has 5 heteroatoms. The van der Waals surface area contributed by atoms with Crippen LogP contribution >= 0.6 is 0 Å². The van der Waals surface area contributed by atoms with Gasteiger partial charge in [-0.1, -0.05) is 6.08 Å². The van der Waals surface area contributed by atoms with Gasteiger partial charge < -0.3 is 13.3 Å². The molecule has 84 valence electrons. The van der Waals surface area contributed by atoms with Crippen molar-refractivity contribution in [2.24, 2.45) is 0 Å². The van der Waals surface area contributed by atoms with Crippen LogP contribution in [0.25, 0.3) is 0 Å². The summed E-state index contributed by atoms with van der Waals surface area (Å²) in [5.74, 6) is 0. The zero-order chi connectivity index (χ0) is 11.2. The summed E-state index contributed by atoms with van der Waals surface area (Å²) in [6, 6.07) is 0.819. The van der Waals surface area contributed by atoms with E-state index in [4.69, 9.17) is 13.3 Å².